The summed E-state index contributed by atoms with van der Waals surface area (Å²) in [4.78, 5) is 2.36. The minimum Gasteiger partial charge on any atom is -0.308 e. The van der Waals surface area contributed by atoms with Gasteiger partial charge in [0, 0.05) is 24.7 Å². The minimum absolute atomic E-state index is 0.145. The maximum atomic E-state index is 13.5. The van der Waals surface area contributed by atoms with Gasteiger partial charge in [-0.25, -0.2) is 8.78 Å². The van der Waals surface area contributed by atoms with Crippen molar-refractivity contribution in [1.82, 2.24) is 10.2 Å². The number of likely N-dealkylation sites (N-methyl/N-ethyl adjacent to an activating group) is 1. The first-order valence-corrected chi connectivity index (χ1v) is 6.59. The van der Waals surface area contributed by atoms with Gasteiger partial charge in [-0.3, -0.25) is 0 Å². The van der Waals surface area contributed by atoms with E-state index in [1.54, 1.807) is 0 Å². The predicted octanol–water partition coefficient (Wildman–Crippen LogP) is 2.54. The van der Waals surface area contributed by atoms with Crippen LogP contribution in [0.5, 0.6) is 0 Å². The average molecular weight is 254 g/mol. The lowest BCUT2D eigenvalue weighted by Gasteiger charge is -2.32. The lowest BCUT2D eigenvalue weighted by atomic mass is 10.1. The van der Waals surface area contributed by atoms with Crippen LogP contribution in [0.15, 0.2) is 18.2 Å². The Kier molecular flexibility index (Phi) is 4.66. The van der Waals surface area contributed by atoms with Gasteiger partial charge in [0.1, 0.15) is 11.6 Å². The highest BCUT2D eigenvalue weighted by Gasteiger charge is 2.19. The quantitative estimate of drug-likeness (QED) is 0.888. The maximum absolute atomic E-state index is 13.5. The molecule has 0 aliphatic carbocycles. The second-order valence-corrected chi connectivity index (χ2v) is 4.81. The SMILES string of the molecule is CCN1CCCC(NCc2c(F)cccc2F)C1. The Morgan fingerprint density at radius 3 is 2.72 bits per heavy atom. The molecule has 0 amide bonds. The number of benzene rings is 1. The van der Waals surface area contributed by atoms with Crippen LogP contribution >= 0.6 is 0 Å². The summed E-state index contributed by atoms with van der Waals surface area (Å²) in [7, 11) is 0. The van der Waals surface area contributed by atoms with Crippen LogP contribution in [0, 0.1) is 11.6 Å². The molecule has 0 spiro atoms. The van der Waals surface area contributed by atoms with Gasteiger partial charge in [-0.15, -0.1) is 0 Å². The molecule has 0 saturated carbocycles. The van der Waals surface area contributed by atoms with E-state index in [2.05, 4.69) is 17.1 Å². The second kappa shape index (κ2) is 6.25. The van der Waals surface area contributed by atoms with Crippen molar-refractivity contribution in [1.29, 1.82) is 0 Å². The molecular weight excluding hydrogens is 234 g/mol. The van der Waals surface area contributed by atoms with Crippen LogP contribution < -0.4 is 5.32 Å². The Labute approximate surface area is 107 Å². The van der Waals surface area contributed by atoms with Crippen LogP contribution in [0.1, 0.15) is 25.3 Å². The first-order chi connectivity index (χ1) is 8.70. The van der Waals surface area contributed by atoms with E-state index in [0.29, 0.717) is 6.04 Å². The number of likely N-dealkylation sites (tertiary alicyclic amines) is 1. The van der Waals surface area contributed by atoms with E-state index in [9.17, 15) is 8.78 Å². The Morgan fingerprint density at radius 1 is 1.33 bits per heavy atom. The molecule has 1 N–H and O–H groups in total. The van der Waals surface area contributed by atoms with Gasteiger partial charge in [0.25, 0.3) is 0 Å². The third-order valence-corrected chi connectivity index (χ3v) is 3.58. The van der Waals surface area contributed by atoms with Crippen molar-refractivity contribution in [3.05, 3.63) is 35.4 Å². The second-order valence-electron chi connectivity index (χ2n) is 4.81. The maximum Gasteiger partial charge on any atom is 0.130 e. The van der Waals surface area contributed by atoms with Crippen molar-refractivity contribution in [3.8, 4) is 0 Å². The molecule has 1 unspecified atom stereocenters. The van der Waals surface area contributed by atoms with Crippen LogP contribution in [-0.2, 0) is 6.54 Å². The topological polar surface area (TPSA) is 15.3 Å². The van der Waals surface area contributed by atoms with E-state index in [1.807, 2.05) is 0 Å². The van der Waals surface area contributed by atoms with E-state index < -0.39 is 11.6 Å². The number of nitrogens with one attached hydrogen (secondary N) is 1. The van der Waals surface area contributed by atoms with Gasteiger partial charge < -0.3 is 10.2 Å². The standard InChI is InChI=1S/C14H20F2N2/c1-2-18-8-4-5-11(10-18)17-9-12-13(15)6-3-7-14(12)16/h3,6-7,11,17H,2,4-5,8-10H2,1H3. The highest BCUT2D eigenvalue weighted by Crippen LogP contribution is 2.14. The molecule has 1 aliphatic heterocycles. The largest absolute Gasteiger partial charge is 0.308 e. The normalized spacial score (nSPS) is 21.2. The monoisotopic (exact) mass is 254 g/mol. The van der Waals surface area contributed by atoms with Crippen LogP contribution in [0.2, 0.25) is 0 Å². The molecule has 1 aliphatic rings. The Bertz CT molecular complexity index is 375. The van der Waals surface area contributed by atoms with Crippen LogP contribution in [0.25, 0.3) is 0 Å². The van der Waals surface area contributed by atoms with Crippen molar-refractivity contribution < 1.29 is 8.78 Å². The summed E-state index contributed by atoms with van der Waals surface area (Å²) >= 11 is 0. The highest BCUT2D eigenvalue weighted by molar-refractivity contribution is 5.19. The van der Waals surface area contributed by atoms with Gasteiger partial charge in [-0.05, 0) is 38.1 Å². The number of halogens is 2. The predicted molar refractivity (Wildman–Crippen MR) is 68.3 cm³/mol. The van der Waals surface area contributed by atoms with Crippen molar-refractivity contribution in [2.45, 2.75) is 32.4 Å². The molecule has 1 saturated heterocycles. The zero-order chi connectivity index (χ0) is 13.0. The number of hydrogen-bond donors (Lipinski definition) is 1. The summed E-state index contributed by atoms with van der Waals surface area (Å²) in [5, 5.41) is 3.26. The summed E-state index contributed by atoms with van der Waals surface area (Å²) in [5.74, 6) is -0.934. The molecule has 18 heavy (non-hydrogen) atoms. The van der Waals surface area contributed by atoms with E-state index in [-0.39, 0.29) is 12.1 Å². The zero-order valence-electron chi connectivity index (χ0n) is 10.8. The first-order valence-electron chi connectivity index (χ1n) is 6.59. The first kappa shape index (κ1) is 13.4. The van der Waals surface area contributed by atoms with Gasteiger partial charge in [0.05, 0.1) is 0 Å². The molecule has 0 bridgehead atoms. The van der Waals surface area contributed by atoms with Crippen LogP contribution in [-0.4, -0.2) is 30.6 Å². The molecule has 0 radical (unpaired) electrons. The van der Waals surface area contributed by atoms with Crippen molar-refractivity contribution in [2.75, 3.05) is 19.6 Å². The average Bonchev–Trinajstić information content (AvgIpc) is 2.38. The fourth-order valence-corrected chi connectivity index (χ4v) is 2.46. The third-order valence-electron chi connectivity index (χ3n) is 3.58. The number of piperidine rings is 1. The van der Waals surface area contributed by atoms with E-state index >= 15 is 0 Å². The molecule has 100 valence electrons. The fraction of sp³-hybridized carbons (Fsp3) is 0.571. The van der Waals surface area contributed by atoms with Crippen molar-refractivity contribution in [3.63, 3.8) is 0 Å². The molecule has 1 heterocycles. The summed E-state index contributed by atoms with van der Waals surface area (Å²) in [5.41, 5.74) is 0.145. The number of hydrogen-bond acceptors (Lipinski definition) is 2. The lowest BCUT2D eigenvalue weighted by molar-refractivity contribution is 0.198. The van der Waals surface area contributed by atoms with E-state index in [0.717, 1.165) is 32.5 Å². The molecule has 4 heteroatoms. The Balaban J connectivity index is 1.91. The summed E-state index contributed by atoms with van der Waals surface area (Å²) in [6.07, 6.45) is 2.22. The third kappa shape index (κ3) is 3.27. The van der Waals surface area contributed by atoms with Gasteiger partial charge in [-0.1, -0.05) is 13.0 Å². The lowest BCUT2D eigenvalue weighted by Crippen LogP contribution is -2.45. The Morgan fingerprint density at radius 2 is 2.06 bits per heavy atom. The van der Waals surface area contributed by atoms with E-state index in [1.165, 1.54) is 18.2 Å². The summed E-state index contributed by atoms with van der Waals surface area (Å²) in [6, 6.07) is 4.34. The molecular formula is C14H20F2N2. The molecule has 1 aromatic rings. The van der Waals surface area contributed by atoms with Gasteiger partial charge in [0.15, 0.2) is 0 Å². The summed E-state index contributed by atoms with van der Waals surface area (Å²) < 4.78 is 26.9. The van der Waals surface area contributed by atoms with Crippen LogP contribution in [0.3, 0.4) is 0 Å². The Hall–Kier alpha value is -1.00. The van der Waals surface area contributed by atoms with Gasteiger partial charge in [0.2, 0.25) is 0 Å². The number of nitrogens with zero attached hydrogens (tertiary/aromatic N) is 1. The van der Waals surface area contributed by atoms with E-state index in [4.69, 9.17) is 0 Å². The molecule has 0 aromatic heterocycles. The van der Waals surface area contributed by atoms with Crippen LogP contribution in [0.4, 0.5) is 8.78 Å². The van der Waals surface area contributed by atoms with Crippen molar-refractivity contribution >= 4 is 0 Å². The minimum atomic E-state index is -0.467. The van der Waals surface area contributed by atoms with Gasteiger partial charge >= 0.3 is 0 Å². The van der Waals surface area contributed by atoms with Crippen molar-refractivity contribution in [2.24, 2.45) is 0 Å². The smallest absolute Gasteiger partial charge is 0.130 e. The molecule has 1 fully saturated rings. The number of rotatable bonds is 4. The fourth-order valence-electron chi connectivity index (χ4n) is 2.46. The molecule has 1 atom stereocenters. The highest BCUT2D eigenvalue weighted by atomic mass is 19.1. The zero-order valence-corrected chi connectivity index (χ0v) is 10.8. The van der Waals surface area contributed by atoms with Gasteiger partial charge in [-0.2, -0.15) is 0 Å². The molecule has 2 rings (SSSR count). The molecule has 2 nitrogen and oxygen atoms in total. The molecule has 1 aromatic carbocycles. The summed E-state index contributed by atoms with van der Waals surface area (Å²) in [6.45, 7) is 5.53.